The van der Waals surface area contributed by atoms with Crippen molar-refractivity contribution in [3.05, 3.63) is 156 Å². The largest absolute Gasteiger partial charge is 0.352 e. The van der Waals surface area contributed by atoms with Gasteiger partial charge >= 0.3 is 0 Å². The van der Waals surface area contributed by atoms with Crippen molar-refractivity contribution in [1.82, 2.24) is 9.97 Å². The van der Waals surface area contributed by atoms with Crippen molar-refractivity contribution in [3.8, 4) is 0 Å². The summed E-state index contributed by atoms with van der Waals surface area (Å²) in [5.41, 5.74) is 11.0. The minimum absolute atomic E-state index is 0.284. The highest BCUT2D eigenvalue weighted by Crippen LogP contribution is 2.47. The predicted molar refractivity (Wildman–Crippen MR) is 195 cm³/mol. The van der Waals surface area contributed by atoms with E-state index in [2.05, 4.69) is 107 Å². The Labute approximate surface area is 277 Å². The lowest BCUT2D eigenvalue weighted by atomic mass is 10.1. The molecule has 1 atom stereocenters. The molecule has 0 amide bonds. The molecule has 47 heavy (non-hydrogen) atoms. The van der Waals surface area contributed by atoms with E-state index in [4.69, 9.17) is 9.72 Å². The summed E-state index contributed by atoms with van der Waals surface area (Å²) < 4.78 is 5.93. The Kier molecular flexibility index (Phi) is 9.46. The van der Waals surface area contributed by atoms with Crippen LogP contribution in [0.2, 0.25) is 0 Å². The van der Waals surface area contributed by atoms with E-state index in [1.165, 1.54) is 11.1 Å². The standard InChI is InChI=1S/C21H21N3O.C19H19N3/c1-15-13-19-20(22-14-15)23(17-10-5-4-6-11-17)21(25-3)24(19)18-12-8-7-9-16(18)2;1-14-12-18(22-17-11-7-6-8-15(17)2)19(20-13-14)21-16-9-4-3-5-10-16/h4-14,21H,1-3H3;3-13,22H,1-2H3,(H,20,21). The smallest absolute Gasteiger partial charge is 0.220 e. The number of aryl methyl sites for hydroxylation is 4. The first kappa shape index (κ1) is 31.3. The number of anilines is 8. The van der Waals surface area contributed by atoms with E-state index in [-0.39, 0.29) is 6.35 Å². The number of rotatable bonds is 7. The van der Waals surface area contributed by atoms with Gasteiger partial charge in [-0.15, -0.1) is 0 Å². The number of hydrogen-bond donors (Lipinski definition) is 2. The summed E-state index contributed by atoms with van der Waals surface area (Å²) in [6.07, 6.45) is 3.49. The van der Waals surface area contributed by atoms with Crippen LogP contribution < -0.4 is 20.4 Å². The highest BCUT2D eigenvalue weighted by molar-refractivity contribution is 5.86. The van der Waals surface area contributed by atoms with Gasteiger partial charge in [-0.1, -0.05) is 72.8 Å². The van der Waals surface area contributed by atoms with Crippen LogP contribution in [-0.4, -0.2) is 23.4 Å². The molecule has 1 unspecified atom stereocenters. The van der Waals surface area contributed by atoms with E-state index in [0.717, 1.165) is 56.9 Å². The third kappa shape index (κ3) is 6.95. The van der Waals surface area contributed by atoms with Crippen LogP contribution in [0.1, 0.15) is 22.3 Å². The average molecular weight is 621 g/mol. The van der Waals surface area contributed by atoms with Crippen molar-refractivity contribution in [3.63, 3.8) is 0 Å². The molecule has 4 aromatic carbocycles. The highest BCUT2D eigenvalue weighted by Gasteiger charge is 2.39. The summed E-state index contributed by atoms with van der Waals surface area (Å²) in [4.78, 5) is 13.6. The van der Waals surface area contributed by atoms with E-state index in [9.17, 15) is 0 Å². The minimum Gasteiger partial charge on any atom is -0.352 e. The molecule has 1 aliphatic rings. The maximum Gasteiger partial charge on any atom is 0.220 e. The van der Waals surface area contributed by atoms with Crippen LogP contribution >= 0.6 is 0 Å². The summed E-state index contributed by atoms with van der Waals surface area (Å²) in [6, 6.07) is 41.2. The van der Waals surface area contributed by atoms with E-state index in [1.54, 1.807) is 7.11 Å². The van der Waals surface area contributed by atoms with Crippen LogP contribution in [0.4, 0.5) is 45.8 Å². The first-order valence-electron chi connectivity index (χ1n) is 15.7. The summed E-state index contributed by atoms with van der Waals surface area (Å²) >= 11 is 0. The Bertz CT molecular complexity index is 1950. The van der Waals surface area contributed by atoms with Crippen LogP contribution in [0, 0.1) is 27.7 Å². The van der Waals surface area contributed by atoms with Crippen LogP contribution in [0.5, 0.6) is 0 Å². The van der Waals surface area contributed by atoms with Gasteiger partial charge in [-0.2, -0.15) is 0 Å². The summed E-state index contributed by atoms with van der Waals surface area (Å²) in [6.45, 7) is 8.32. The van der Waals surface area contributed by atoms with Gasteiger partial charge in [-0.25, -0.2) is 9.97 Å². The van der Waals surface area contributed by atoms with Crippen LogP contribution in [0.25, 0.3) is 0 Å². The van der Waals surface area contributed by atoms with E-state index >= 15 is 0 Å². The van der Waals surface area contributed by atoms with Gasteiger partial charge in [0.15, 0.2) is 11.6 Å². The number of pyridine rings is 2. The summed E-state index contributed by atoms with van der Waals surface area (Å²) in [5.74, 6) is 1.73. The maximum absolute atomic E-state index is 5.93. The van der Waals surface area contributed by atoms with Crippen LogP contribution in [0.3, 0.4) is 0 Å². The maximum atomic E-state index is 5.93. The van der Waals surface area contributed by atoms with Gasteiger partial charge in [0.25, 0.3) is 0 Å². The van der Waals surface area contributed by atoms with Gasteiger partial charge in [-0.3, -0.25) is 9.80 Å². The third-order valence-electron chi connectivity index (χ3n) is 8.01. The lowest BCUT2D eigenvalue weighted by molar-refractivity contribution is 0.118. The number of nitrogens with zero attached hydrogens (tertiary/aromatic N) is 4. The average Bonchev–Trinajstić information content (AvgIpc) is 3.41. The third-order valence-corrected chi connectivity index (χ3v) is 8.01. The van der Waals surface area contributed by atoms with E-state index in [1.807, 2.05) is 80.0 Å². The second-order valence-electron chi connectivity index (χ2n) is 11.6. The number of para-hydroxylation sites is 4. The quantitative estimate of drug-likeness (QED) is 0.184. The zero-order chi connectivity index (χ0) is 32.8. The van der Waals surface area contributed by atoms with Crippen LogP contribution in [-0.2, 0) is 4.74 Å². The Hall–Kier alpha value is -5.66. The molecule has 0 aliphatic carbocycles. The van der Waals surface area contributed by atoms with Crippen molar-refractivity contribution in [2.24, 2.45) is 0 Å². The van der Waals surface area contributed by atoms with Crippen LogP contribution in [0.15, 0.2) is 134 Å². The van der Waals surface area contributed by atoms with Gasteiger partial charge in [-0.05, 0) is 98.5 Å². The second kappa shape index (κ2) is 14.2. The molecule has 0 bridgehead atoms. The highest BCUT2D eigenvalue weighted by atomic mass is 16.5. The molecule has 0 saturated carbocycles. The molecule has 7 rings (SSSR count). The molecule has 7 heteroatoms. The topological polar surface area (TPSA) is 65.5 Å². The molecule has 3 heterocycles. The Morgan fingerprint density at radius 1 is 0.574 bits per heavy atom. The lowest BCUT2D eigenvalue weighted by Crippen LogP contribution is -2.40. The van der Waals surface area contributed by atoms with Crippen molar-refractivity contribution < 1.29 is 4.74 Å². The van der Waals surface area contributed by atoms with E-state index < -0.39 is 0 Å². The van der Waals surface area contributed by atoms with Gasteiger partial charge in [0.2, 0.25) is 6.35 Å². The molecule has 0 radical (unpaired) electrons. The molecule has 6 aromatic rings. The van der Waals surface area contributed by atoms with Crippen molar-refractivity contribution >= 4 is 45.8 Å². The number of hydrogen-bond acceptors (Lipinski definition) is 7. The van der Waals surface area contributed by atoms with Gasteiger partial charge in [0.1, 0.15) is 0 Å². The fourth-order valence-corrected chi connectivity index (χ4v) is 5.66. The zero-order valence-electron chi connectivity index (χ0n) is 27.5. The van der Waals surface area contributed by atoms with Gasteiger partial charge in [0, 0.05) is 42.3 Å². The molecule has 2 aromatic heterocycles. The molecule has 0 spiro atoms. The first-order valence-corrected chi connectivity index (χ1v) is 15.7. The minimum atomic E-state index is -0.284. The fraction of sp³-hybridized carbons (Fsp3) is 0.150. The van der Waals surface area contributed by atoms with Crippen molar-refractivity contribution in [2.45, 2.75) is 34.0 Å². The number of benzene rings is 4. The number of ether oxygens (including phenoxy) is 1. The monoisotopic (exact) mass is 620 g/mol. The van der Waals surface area contributed by atoms with Crippen molar-refractivity contribution in [2.75, 3.05) is 27.5 Å². The van der Waals surface area contributed by atoms with E-state index in [0.29, 0.717) is 0 Å². The number of fused-ring (bicyclic) bond motifs is 1. The van der Waals surface area contributed by atoms with Gasteiger partial charge in [0.05, 0.1) is 11.4 Å². The Morgan fingerprint density at radius 3 is 1.89 bits per heavy atom. The van der Waals surface area contributed by atoms with Crippen molar-refractivity contribution in [1.29, 1.82) is 0 Å². The zero-order valence-corrected chi connectivity index (χ0v) is 27.5. The molecule has 1 aliphatic heterocycles. The molecule has 0 fully saturated rings. The molecule has 0 saturated heterocycles. The molecule has 236 valence electrons. The predicted octanol–water partition coefficient (Wildman–Crippen LogP) is 10.1. The molecular weight excluding hydrogens is 580 g/mol. The molecule has 2 N–H and O–H groups in total. The summed E-state index contributed by atoms with van der Waals surface area (Å²) in [5, 5.41) is 6.84. The Morgan fingerprint density at radius 2 is 1.19 bits per heavy atom. The number of methoxy groups -OCH3 is 1. The molecular formula is C40H40N6O. The number of nitrogens with one attached hydrogen (secondary N) is 2. The second-order valence-corrected chi connectivity index (χ2v) is 11.6. The Balaban J connectivity index is 0.000000166. The SMILES string of the molecule is COC1N(c2ccccc2C)c2cc(C)cnc2N1c1ccccc1.Cc1cnc(Nc2ccccc2)c(Nc2ccccc2C)c1. The molecule has 7 nitrogen and oxygen atoms in total. The fourth-order valence-electron chi connectivity index (χ4n) is 5.66. The van der Waals surface area contributed by atoms with Gasteiger partial charge < -0.3 is 15.4 Å². The summed E-state index contributed by atoms with van der Waals surface area (Å²) in [7, 11) is 1.74. The first-order chi connectivity index (χ1) is 22.9. The lowest BCUT2D eigenvalue weighted by Gasteiger charge is -2.31. The normalized spacial score (nSPS) is 13.4. The number of aromatic nitrogens is 2.